The molecule has 0 aromatic heterocycles. The van der Waals surface area contributed by atoms with Crippen LogP contribution in [0.4, 0.5) is 4.39 Å². The van der Waals surface area contributed by atoms with Gasteiger partial charge >= 0.3 is 0 Å². The summed E-state index contributed by atoms with van der Waals surface area (Å²) in [5, 5.41) is 0. The summed E-state index contributed by atoms with van der Waals surface area (Å²) in [4.78, 5) is 12.4. The van der Waals surface area contributed by atoms with Gasteiger partial charge in [0.1, 0.15) is 5.82 Å². The van der Waals surface area contributed by atoms with Crippen molar-refractivity contribution in [3.8, 4) is 0 Å². The van der Waals surface area contributed by atoms with E-state index in [4.69, 9.17) is 0 Å². The van der Waals surface area contributed by atoms with Gasteiger partial charge in [-0.25, -0.2) is 4.39 Å². The normalized spacial score (nSPS) is 22.7. The molecule has 0 heterocycles. The third kappa shape index (κ3) is 2.26. The molecule has 1 saturated carbocycles. The molecule has 0 aliphatic heterocycles. The summed E-state index contributed by atoms with van der Waals surface area (Å²) in [6.45, 7) is 6.10. The van der Waals surface area contributed by atoms with E-state index in [1.807, 2.05) is 6.92 Å². The van der Waals surface area contributed by atoms with E-state index in [0.717, 1.165) is 24.8 Å². The molecule has 92 valence electrons. The van der Waals surface area contributed by atoms with Gasteiger partial charge in [0.2, 0.25) is 0 Å². The molecule has 0 bridgehead atoms. The molecule has 0 spiro atoms. The Hall–Kier alpha value is -1.18. The Morgan fingerprint density at radius 2 is 2.12 bits per heavy atom. The monoisotopic (exact) mass is 234 g/mol. The van der Waals surface area contributed by atoms with Gasteiger partial charge in [0.25, 0.3) is 0 Å². The molecule has 1 aromatic rings. The zero-order valence-electron chi connectivity index (χ0n) is 10.7. The highest BCUT2D eigenvalue weighted by molar-refractivity contribution is 5.98. The Bertz CT molecular complexity index is 448. The first-order valence-electron chi connectivity index (χ1n) is 6.22. The summed E-state index contributed by atoms with van der Waals surface area (Å²) in [7, 11) is 0. The van der Waals surface area contributed by atoms with Gasteiger partial charge in [0, 0.05) is 5.92 Å². The second-order valence-electron chi connectivity index (χ2n) is 5.78. The highest BCUT2D eigenvalue weighted by Crippen LogP contribution is 2.44. The fraction of sp³-hybridized carbons (Fsp3) is 0.533. The van der Waals surface area contributed by atoms with Crippen molar-refractivity contribution >= 4 is 5.78 Å². The molecule has 0 saturated heterocycles. The Morgan fingerprint density at radius 1 is 1.41 bits per heavy atom. The molecule has 0 radical (unpaired) electrons. The molecular weight excluding hydrogens is 215 g/mol. The number of hydrogen-bond donors (Lipinski definition) is 0. The van der Waals surface area contributed by atoms with Crippen molar-refractivity contribution in [2.75, 3.05) is 0 Å². The fourth-order valence-electron chi connectivity index (χ4n) is 2.83. The lowest BCUT2D eigenvalue weighted by Gasteiger charge is -2.25. The Balaban J connectivity index is 2.34. The van der Waals surface area contributed by atoms with Crippen LogP contribution in [0.3, 0.4) is 0 Å². The smallest absolute Gasteiger partial charge is 0.169 e. The molecule has 1 unspecified atom stereocenters. The van der Waals surface area contributed by atoms with Crippen LogP contribution >= 0.6 is 0 Å². The van der Waals surface area contributed by atoms with E-state index in [2.05, 4.69) is 13.8 Å². The lowest BCUT2D eigenvalue weighted by atomic mass is 9.77. The minimum Gasteiger partial charge on any atom is -0.294 e. The second kappa shape index (κ2) is 4.25. The summed E-state index contributed by atoms with van der Waals surface area (Å²) >= 11 is 0. The minimum atomic E-state index is -0.386. The van der Waals surface area contributed by atoms with Crippen molar-refractivity contribution in [1.29, 1.82) is 0 Å². The van der Waals surface area contributed by atoms with E-state index < -0.39 is 0 Å². The number of halogens is 1. The molecule has 1 fully saturated rings. The maximum atomic E-state index is 13.7. The van der Waals surface area contributed by atoms with Crippen LogP contribution in [0, 0.1) is 24.1 Å². The van der Waals surface area contributed by atoms with E-state index in [-0.39, 0.29) is 28.5 Å². The third-order valence-electron chi connectivity index (χ3n) is 3.96. The van der Waals surface area contributed by atoms with E-state index in [1.54, 1.807) is 12.1 Å². The van der Waals surface area contributed by atoms with Gasteiger partial charge in [0.05, 0.1) is 5.56 Å². The number of benzene rings is 1. The third-order valence-corrected chi connectivity index (χ3v) is 3.96. The SMILES string of the molecule is Cc1ccc(F)c(C(=O)C2CCCC2(C)C)c1. The van der Waals surface area contributed by atoms with Gasteiger partial charge in [-0.2, -0.15) is 0 Å². The van der Waals surface area contributed by atoms with Crippen LogP contribution < -0.4 is 0 Å². The number of aryl methyl sites for hydroxylation is 1. The predicted molar refractivity (Wildman–Crippen MR) is 66.6 cm³/mol. The summed E-state index contributed by atoms with van der Waals surface area (Å²) in [6.07, 6.45) is 3.01. The Morgan fingerprint density at radius 3 is 2.71 bits per heavy atom. The molecule has 0 amide bonds. The van der Waals surface area contributed by atoms with Crippen LogP contribution in [0.25, 0.3) is 0 Å². The average Bonchev–Trinajstić information content (AvgIpc) is 2.61. The molecule has 17 heavy (non-hydrogen) atoms. The van der Waals surface area contributed by atoms with Crippen LogP contribution in [0.15, 0.2) is 18.2 Å². The minimum absolute atomic E-state index is 0.00721. The highest BCUT2D eigenvalue weighted by atomic mass is 19.1. The second-order valence-corrected chi connectivity index (χ2v) is 5.78. The largest absolute Gasteiger partial charge is 0.294 e. The molecule has 1 atom stereocenters. The number of rotatable bonds is 2. The fourth-order valence-corrected chi connectivity index (χ4v) is 2.83. The number of hydrogen-bond acceptors (Lipinski definition) is 1. The highest BCUT2D eigenvalue weighted by Gasteiger charge is 2.40. The summed E-state index contributed by atoms with van der Waals surface area (Å²) in [5.41, 5.74) is 1.21. The van der Waals surface area contributed by atoms with Gasteiger partial charge in [-0.1, -0.05) is 31.9 Å². The van der Waals surface area contributed by atoms with Crippen LogP contribution in [0.1, 0.15) is 49.0 Å². The van der Waals surface area contributed by atoms with Crippen molar-refractivity contribution < 1.29 is 9.18 Å². The van der Waals surface area contributed by atoms with Gasteiger partial charge < -0.3 is 0 Å². The van der Waals surface area contributed by atoms with Gasteiger partial charge in [-0.05, 0) is 37.3 Å². The molecular formula is C15H19FO. The van der Waals surface area contributed by atoms with Crippen LogP contribution in [-0.2, 0) is 0 Å². The zero-order valence-corrected chi connectivity index (χ0v) is 10.7. The maximum absolute atomic E-state index is 13.7. The van der Waals surface area contributed by atoms with Crippen LogP contribution in [-0.4, -0.2) is 5.78 Å². The first kappa shape index (κ1) is 12.3. The van der Waals surface area contributed by atoms with Crippen LogP contribution in [0.2, 0.25) is 0 Å². The van der Waals surface area contributed by atoms with Gasteiger partial charge in [0.15, 0.2) is 5.78 Å². The number of Topliss-reactive ketones (excluding diaryl/α,β-unsaturated/α-hetero) is 1. The summed E-state index contributed by atoms with van der Waals surface area (Å²) in [6, 6.07) is 4.77. The van der Waals surface area contributed by atoms with Crippen LogP contribution in [0.5, 0.6) is 0 Å². The van der Waals surface area contributed by atoms with E-state index in [0.29, 0.717) is 0 Å². The summed E-state index contributed by atoms with van der Waals surface area (Å²) < 4.78 is 13.7. The van der Waals surface area contributed by atoms with E-state index in [1.165, 1.54) is 6.07 Å². The standard InChI is InChI=1S/C15H19FO/c1-10-6-7-13(16)11(9-10)14(17)12-5-4-8-15(12,2)3/h6-7,9,12H,4-5,8H2,1-3H3. The Labute approximate surface area is 102 Å². The van der Waals surface area contributed by atoms with E-state index in [9.17, 15) is 9.18 Å². The van der Waals surface area contributed by atoms with Gasteiger partial charge in [-0.15, -0.1) is 0 Å². The average molecular weight is 234 g/mol. The lowest BCUT2D eigenvalue weighted by Crippen LogP contribution is -2.26. The Kier molecular flexibility index (Phi) is 3.07. The molecule has 2 heteroatoms. The molecule has 2 rings (SSSR count). The van der Waals surface area contributed by atoms with Crippen molar-refractivity contribution in [2.24, 2.45) is 11.3 Å². The first-order valence-corrected chi connectivity index (χ1v) is 6.22. The van der Waals surface area contributed by atoms with Crippen molar-refractivity contribution in [3.05, 3.63) is 35.1 Å². The van der Waals surface area contributed by atoms with E-state index >= 15 is 0 Å². The first-order chi connectivity index (χ1) is 7.92. The number of ketones is 1. The maximum Gasteiger partial charge on any atom is 0.169 e. The topological polar surface area (TPSA) is 17.1 Å². The van der Waals surface area contributed by atoms with Crippen molar-refractivity contribution in [2.45, 2.75) is 40.0 Å². The summed E-state index contributed by atoms with van der Waals surface area (Å²) in [5.74, 6) is -0.434. The quantitative estimate of drug-likeness (QED) is 0.703. The molecule has 1 aliphatic carbocycles. The van der Waals surface area contributed by atoms with Crippen molar-refractivity contribution in [1.82, 2.24) is 0 Å². The molecule has 1 aromatic carbocycles. The zero-order chi connectivity index (χ0) is 12.6. The van der Waals surface area contributed by atoms with Crippen molar-refractivity contribution in [3.63, 3.8) is 0 Å². The predicted octanol–water partition coefficient (Wildman–Crippen LogP) is 4.14. The molecule has 1 aliphatic rings. The van der Waals surface area contributed by atoms with Gasteiger partial charge in [-0.3, -0.25) is 4.79 Å². The lowest BCUT2D eigenvalue weighted by molar-refractivity contribution is 0.0834. The molecule has 1 nitrogen and oxygen atoms in total. The molecule has 0 N–H and O–H groups in total. The number of carbonyl (C=O) groups excluding carboxylic acids is 1. The number of carbonyl (C=O) groups is 1.